The summed E-state index contributed by atoms with van der Waals surface area (Å²) in [6.45, 7) is 2.05. The Morgan fingerprint density at radius 3 is 2.55 bits per heavy atom. The number of aromatic amines is 1. The molecule has 1 aliphatic rings. The first kappa shape index (κ1) is 21.6. The molecular formula is C18H25N5O4S2. The Morgan fingerprint density at radius 1 is 1.24 bits per heavy atom. The van der Waals surface area contributed by atoms with Crippen molar-refractivity contribution in [2.45, 2.75) is 24.2 Å². The fraction of sp³-hybridized carbons (Fsp3) is 0.500. The average molecular weight is 440 g/mol. The van der Waals surface area contributed by atoms with Gasteiger partial charge in [-0.05, 0) is 36.3 Å². The summed E-state index contributed by atoms with van der Waals surface area (Å²) >= 11 is 5.05. The molecule has 29 heavy (non-hydrogen) atoms. The van der Waals surface area contributed by atoms with Crippen LogP contribution in [0.2, 0.25) is 0 Å². The van der Waals surface area contributed by atoms with Gasteiger partial charge in [0.2, 0.25) is 15.9 Å². The van der Waals surface area contributed by atoms with Gasteiger partial charge in [-0.2, -0.15) is 9.40 Å². The number of benzene rings is 1. The van der Waals surface area contributed by atoms with E-state index in [9.17, 15) is 13.2 Å². The summed E-state index contributed by atoms with van der Waals surface area (Å²) in [4.78, 5) is 12.3. The number of aromatic nitrogens is 3. The Hall–Kier alpha value is -2.08. The molecule has 1 aliphatic heterocycles. The number of ether oxygens (including phenoxy) is 1. The van der Waals surface area contributed by atoms with Crippen LogP contribution in [0, 0.1) is 4.77 Å². The smallest absolute Gasteiger partial charge is 0.243 e. The Morgan fingerprint density at radius 2 is 1.93 bits per heavy atom. The second-order valence-electron chi connectivity index (χ2n) is 6.76. The summed E-state index contributed by atoms with van der Waals surface area (Å²) in [6.07, 6.45) is 1.45. The normalized spacial score (nSPS) is 15.3. The first-order valence-electron chi connectivity index (χ1n) is 9.42. The van der Waals surface area contributed by atoms with Crippen molar-refractivity contribution in [1.82, 2.24) is 24.4 Å². The zero-order valence-electron chi connectivity index (χ0n) is 16.3. The minimum atomic E-state index is -3.49. The molecule has 0 aliphatic carbocycles. The number of rotatable bonds is 8. The lowest BCUT2D eigenvalue weighted by atomic mass is 10.1. The van der Waals surface area contributed by atoms with Crippen LogP contribution >= 0.6 is 12.2 Å². The third-order valence-electron chi connectivity index (χ3n) is 4.82. The topological polar surface area (TPSA) is 109 Å². The molecule has 1 fully saturated rings. The minimum Gasteiger partial charge on any atom is -0.379 e. The molecule has 0 spiro atoms. The maximum Gasteiger partial charge on any atom is 0.243 e. The highest BCUT2D eigenvalue weighted by Gasteiger charge is 2.26. The maximum atomic E-state index is 12.6. The van der Waals surface area contributed by atoms with Crippen molar-refractivity contribution in [2.24, 2.45) is 7.05 Å². The second-order valence-corrected chi connectivity index (χ2v) is 9.09. The Bertz CT molecular complexity index is 992. The third-order valence-corrected chi connectivity index (χ3v) is 7.09. The van der Waals surface area contributed by atoms with Gasteiger partial charge < -0.3 is 14.6 Å². The van der Waals surface area contributed by atoms with Gasteiger partial charge in [-0.15, -0.1) is 0 Å². The van der Waals surface area contributed by atoms with Crippen LogP contribution in [-0.2, 0) is 39.4 Å². The largest absolute Gasteiger partial charge is 0.379 e. The fourth-order valence-corrected chi connectivity index (χ4v) is 4.59. The number of H-pyrrole nitrogens is 1. The molecule has 0 unspecified atom stereocenters. The molecular weight excluding hydrogens is 414 g/mol. The van der Waals surface area contributed by atoms with E-state index in [2.05, 4.69) is 15.5 Å². The number of carbonyl (C=O) groups is 1. The molecule has 1 saturated heterocycles. The molecule has 1 amide bonds. The number of sulfonamides is 1. The van der Waals surface area contributed by atoms with Crippen molar-refractivity contribution in [3.63, 3.8) is 0 Å². The predicted octanol–water partition coefficient (Wildman–Crippen LogP) is 0.790. The Balaban J connectivity index is 1.46. The number of nitrogens with one attached hydrogen (secondary N) is 2. The van der Waals surface area contributed by atoms with E-state index in [-0.39, 0.29) is 10.8 Å². The van der Waals surface area contributed by atoms with E-state index in [0.717, 1.165) is 11.4 Å². The van der Waals surface area contributed by atoms with E-state index in [1.54, 1.807) is 28.8 Å². The standard InChI is InChI=1S/C18H25N5O4S2/c1-22-16(20-21-18(22)28)8-9-19-17(24)7-4-14-2-5-15(6-3-14)29(25,26)23-10-12-27-13-11-23/h2-3,5-6H,4,7-13H2,1H3,(H,19,24)(H,21,28). The highest BCUT2D eigenvalue weighted by atomic mass is 32.2. The number of amides is 1. The first-order chi connectivity index (χ1) is 13.9. The number of morpholine rings is 1. The Kier molecular flexibility index (Phi) is 7.17. The summed E-state index contributed by atoms with van der Waals surface area (Å²) in [7, 11) is -1.67. The molecule has 2 aromatic rings. The SMILES string of the molecule is Cn1c(CCNC(=O)CCc2ccc(S(=O)(=O)N3CCOCC3)cc2)n[nH]c1=S. The van der Waals surface area contributed by atoms with E-state index >= 15 is 0 Å². The van der Waals surface area contributed by atoms with Crippen molar-refractivity contribution >= 4 is 28.1 Å². The van der Waals surface area contributed by atoms with E-state index < -0.39 is 10.0 Å². The monoisotopic (exact) mass is 439 g/mol. The van der Waals surface area contributed by atoms with E-state index in [0.29, 0.717) is 56.9 Å². The van der Waals surface area contributed by atoms with Gasteiger partial charge in [0, 0.05) is 39.5 Å². The van der Waals surface area contributed by atoms with Gasteiger partial charge in [0.05, 0.1) is 18.1 Å². The quantitative estimate of drug-likeness (QED) is 0.589. The van der Waals surface area contributed by atoms with Crippen LogP contribution in [0.1, 0.15) is 17.8 Å². The first-order valence-corrected chi connectivity index (χ1v) is 11.3. The van der Waals surface area contributed by atoms with Gasteiger partial charge in [0.15, 0.2) is 4.77 Å². The van der Waals surface area contributed by atoms with Crippen LogP contribution in [0.25, 0.3) is 0 Å². The predicted molar refractivity (Wildman–Crippen MR) is 109 cm³/mol. The van der Waals surface area contributed by atoms with E-state index in [1.807, 2.05) is 7.05 Å². The summed E-state index contributed by atoms with van der Waals surface area (Å²) in [5, 5.41) is 9.67. The Labute approximate surface area is 175 Å². The average Bonchev–Trinajstić information content (AvgIpc) is 3.05. The van der Waals surface area contributed by atoms with Gasteiger partial charge in [-0.25, -0.2) is 8.42 Å². The van der Waals surface area contributed by atoms with E-state index in [1.165, 1.54) is 4.31 Å². The molecule has 2 N–H and O–H groups in total. The van der Waals surface area contributed by atoms with Crippen LogP contribution < -0.4 is 5.32 Å². The maximum absolute atomic E-state index is 12.6. The van der Waals surface area contributed by atoms with Crippen LogP contribution in [0.4, 0.5) is 0 Å². The summed E-state index contributed by atoms with van der Waals surface area (Å²) < 4.78 is 34.2. The summed E-state index contributed by atoms with van der Waals surface area (Å²) in [5.41, 5.74) is 0.913. The minimum absolute atomic E-state index is 0.0631. The molecule has 9 nitrogen and oxygen atoms in total. The zero-order valence-corrected chi connectivity index (χ0v) is 17.9. The van der Waals surface area contributed by atoms with Crippen molar-refractivity contribution in [1.29, 1.82) is 0 Å². The van der Waals surface area contributed by atoms with Crippen molar-refractivity contribution in [2.75, 3.05) is 32.8 Å². The van der Waals surface area contributed by atoms with Crippen molar-refractivity contribution in [3.8, 4) is 0 Å². The highest BCUT2D eigenvalue weighted by Crippen LogP contribution is 2.18. The molecule has 3 rings (SSSR count). The molecule has 0 atom stereocenters. The number of nitrogens with zero attached hydrogens (tertiary/aromatic N) is 3. The van der Waals surface area contributed by atoms with Crippen LogP contribution in [0.15, 0.2) is 29.2 Å². The molecule has 1 aromatic heterocycles. The van der Waals surface area contributed by atoms with Crippen LogP contribution in [0.5, 0.6) is 0 Å². The molecule has 158 valence electrons. The molecule has 0 bridgehead atoms. The highest BCUT2D eigenvalue weighted by molar-refractivity contribution is 7.89. The third kappa shape index (κ3) is 5.50. The lowest BCUT2D eigenvalue weighted by Gasteiger charge is -2.26. The zero-order chi connectivity index (χ0) is 20.9. The van der Waals surface area contributed by atoms with Gasteiger partial charge >= 0.3 is 0 Å². The second kappa shape index (κ2) is 9.61. The van der Waals surface area contributed by atoms with Gasteiger partial charge in [-0.1, -0.05) is 12.1 Å². The lowest BCUT2D eigenvalue weighted by Crippen LogP contribution is -2.40. The van der Waals surface area contributed by atoms with Crippen molar-refractivity contribution in [3.05, 3.63) is 40.4 Å². The van der Waals surface area contributed by atoms with Gasteiger partial charge in [0.25, 0.3) is 0 Å². The van der Waals surface area contributed by atoms with Gasteiger partial charge in [-0.3, -0.25) is 9.89 Å². The molecule has 11 heteroatoms. The van der Waals surface area contributed by atoms with Crippen LogP contribution in [0.3, 0.4) is 0 Å². The molecule has 1 aromatic carbocycles. The molecule has 2 heterocycles. The number of carbonyl (C=O) groups excluding carboxylic acids is 1. The number of hydrogen-bond acceptors (Lipinski definition) is 6. The van der Waals surface area contributed by atoms with E-state index in [4.69, 9.17) is 17.0 Å². The molecule has 0 saturated carbocycles. The molecule has 0 radical (unpaired) electrons. The summed E-state index contributed by atoms with van der Waals surface area (Å²) in [5.74, 6) is 0.721. The fourth-order valence-electron chi connectivity index (χ4n) is 3.03. The summed E-state index contributed by atoms with van der Waals surface area (Å²) in [6, 6.07) is 6.72. The van der Waals surface area contributed by atoms with Crippen molar-refractivity contribution < 1.29 is 17.9 Å². The number of hydrogen-bond donors (Lipinski definition) is 2. The number of aryl methyl sites for hydroxylation is 1. The lowest BCUT2D eigenvalue weighted by molar-refractivity contribution is -0.121. The van der Waals surface area contributed by atoms with Gasteiger partial charge in [0.1, 0.15) is 5.82 Å². The van der Waals surface area contributed by atoms with Crippen LogP contribution in [-0.4, -0.2) is 66.2 Å².